The topological polar surface area (TPSA) is 34.2 Å². The smallest absolute Gasteiger partial charge is 0.129 e. The first-order valence-electron chi connectivity index (χ1n) is 5.77. The molecule has 1 N–H and O–H groups in total. The summed E-state index contributed by atoms with van der Waals surface area (Å²) in [6.07, 6.45) is 2.97. The van der Waals surface area contributed by atoms with Gasteiger partial charge in [0, 0.05) is 24.1 Å². The Balaban J connectivity index is 1.89. The Morgan fingerprint density at radius 3 is 3.12 bits per heavy atom. The third-order valence-corrected chi connectivity index (χ3v) is 3.74. The number of hydrogen-bond acceptors (Lipinski definition) is 4. The van der Waals surface area contributed by atoms with Gasteiger partial charge in [-0.1, -0.05) is 13.0 Å². The normalized spacial score (nSPS) is 15.8. The lowest BCUT2D eigenvalue weighted by Gasteiger charge is -2.25. The molecule has 0 atom stereocenters. The van der Waals surface area contributed by atoms with Crippen LogP contribution in [-0.4, -0.2) is 30.0 Å². The fourth-order valence-electron chi connectivity index (χ4n) is 1.48. The number of anilines is 1. The van der Waals surface area contributed by atoms with Crippen LogP contribution in [0, 0.1) is 0 Å². The van der Waals surface area contributed by atoms with Gasteiger partial charge < -0.3 is 10.1 Å². The largest absolute Gasteiger partial charge is 0.379 e. The summed E-state index contributed by atoms with van der Waals surface area (Å²) in [6.45, 7) is 4.96. The molecule has 0 saturated carbocycles. The van der Waals surface area contributed by atoms with E-state index >= 15 is 0 Å². The first kappa shape index (κ1) is 11.7. The maximum absolute atomic E-state index is 5.17. The molecule has 4 heteroatoms. The quantitative estimate of drug-likeness (QED) is 0.826. The van der Waals surface area contributed by atoms with Gasteiger partial charge in [-0.05, 0) is 12.5 Å². The van der Waals surface area contributed by atoms with Crippen LogP contribution in [-0.2, 0) is 10.5 Å². The highest BCUT2D eigenvalue weighted by molar-refractivity contribution is 7.99. The third kappa shape index (κ3) is 3.12. The van der Waals surface area contributed by atoms with Gasteiger partial charge in [0.1, 0.15) is 5.82 Å². The zero-order valence-corrected chi connectivity index (χ0v) is 10.4. The molecule has 0 bridgehead atoms. The van der Waals surface area contributed by atoms with E-state index in [-0.39, 0.29) is 0 Å². The molecule has 1 saturated heterocycles. The number of rotatable bonds is 6. The van der Waals surface area contributed by atoms with E-state index in [1.54, 1.807) is 0 Å². The summed E-state index contributed by atoms with van der Waals surface area (Å²) >= 11 is 1.96. The Bertz CT molecular complexity index is 329. The molecule has 0 unspecified atom stereocenters. The summed E-state index contributed by atoms with van der Waals surface area (Å²) in [4.78, 5) is 4.38. The van der Waals surface area contributed by atoms with Gasteiger partial charge in [0.15, 0.2) is 0 Å². The van der Waals surface area contributed by atoms with Crippen molar-refractivity contribution in [2.75, 3.05) is 25.1 Å². The van der Waals surface area contributed by atoms with E-state index in [1.165, 1.54) is 5.56 Å². The van der Waals surface area contributed by atoms with Gasteiger partial charge in [0.05, 0.1) is 18.5 Å². The summed E-state index contributed by atoms with van der Waals surface area (Å²) < 4.78 is 5.17. The van der Waals surface area contributed by atoms with Crippen molar-refractivity contribution in [3.63, 3.8) is 0 Å². The Kier molecular flexibility index (Phi) is 4.48. The summed E-state index contributed by atoms with van der Waals surface area (Å²) in [5, 5.41) is 4.05. The van der Waals surface area contributed by atoms with Crippen LogP contribution in [0.2, 0.25) is 0 Å². The van der Waals surface area contributed by atoms with Gasteiger partial charge in [-0.25, -0.2) is 4.98 Å². The SMILES string of the molecule is CCCNc1ncccc1CSC1COC1. The first-order valence-corrected chi connectivity index (χ1v) is 6.82. The van der Waals surface area contributed by atoms with Gasteiger partial charge in [-0.2, -0.15) is 0 Å². The van der Waals surface area contributed by atoms with Crippen molar-refractivity contribution in [3.05, 3.63) is 23.9 Å². The first-order chi connectivity index (χ1) is 7.90. The van der Waals surface area contributed by atoms with E-state index in [0.717, 1.165) is 37.8 Å². The van der Waals surface area contributed by atoms with Crippen LogP contribution < -0.4 is 5.32 Å². The van der Waals surface area contributed by atoms with Crippen LogP contribution >= 0.6 is 11.8 Å². The zero-order chi connectivity index (χ0) is 11.2. The maximum atomic E-state index is 5.17. The van der Waals surface area contributed by atoms with Gasteiger partial charge in [-0.15, -0.1) is 11.8 Å². The van der Waals surface area contributed by atoms with Crippen molar-refractivity contribution in [3.8, 4) is 0 Å². The number of pyridine rings is 1. The zero-order valence-electron chi connectivity index (χ0n) is 9.61. The Morgan fingerprint density at radius 1 is 1.56 bits per heavy atom. The molecule has 0 spiro atoms. The molecule has 0 aromatic carbocycles. The van der Waals surface area contributed by atoms with Crippen LogP contribution in [0.15, 0.2) is 18.3 Å². The monoisotopic (exact) mass is 238 g/mol. The molecule has 0 amide bonds. The lowest BCUT2D eigenvalue weighted by Crippen LogP contribution is -2.30. The highest BCUT2D eigenvalue weighted by atomic mass is 32.2. The van der Waals surface area contributed by atoms with Gasteiger partial charge in [0.2, 0.25) is 0 Å². The molecule has 16 heavy (non-hydrogen) atoms. The molecular formula is C12H18N2OS. The van der Waals surface area contributed by atoms with Crippen LogP contribution in [0.1, 0.15) is 18.9 Å². The molecule has 2 heterocycles. The molecule has 3 nitrogen and oxygen atoms in total. The van der Waals surface area contributed by atoms with E-state index in [2.05, 4.69) is 23.3 Å². The molecule has 88 valence electrons. The van der Waals surface area contributed by atoms with Crippen molar-refractivity contribution in [2.24, 2.45) is 0 Å². The van der Waals surface area contributed by atoms with E-state index in [4.69, 9.17) is 4.74 Å². The number of thioether (sulfide) groups is 1. The van der Waals surface area contributed by atoms with E-state index in [9.17, 15) is 0 Å². The van der Waals surface area contributed by atoms with Gasteiger partial charge >= 0.3 is 0 Å². The second-order valence-electron chi connectivity index (χ2n) is 3.91. The standard InChI is InChI=1S/C12H18N2OS/c1-2-5-13-12-10(4-3-6-14-12)9-16-11-7-15-8-11/h3-4,6,11H,2,5,7-9H2,1H3,(H,13,14). The predicted octanol–water partition coefficient (Wildman–Crippen LogP) is 2.54. The minimum absolute atomic E-state index is 0.680. The number of hydrogen-bond donors (Lipinski definition) is 1. The summed E-state index contributed by atoms with van der Waals surface area (Å²) in [6, 6.07) is 4.15. The highest BCUT2D eigenvalue weighted by Gasteiger charge is 2.19. The fourth-order valence-corrected chi connectivity index (χ4v) is 2.51. The van der Waals surface area contributed by atoms with E-state index < -0.39 is 0 Å². The second-order valence-corrected chi connectivity index (χ2v) is 5.20. The maximum Gasteiger partial charge on any atom is 0.129 e. The lowest BCUT2D eigenvalue weighted by molar-refractivity contribution is 0.0455. The highest BCUT2D eigenvalue weighted by Crippen LogP contribution is 2.25. The minimum Gasteiger partial charge on any atom is -0.379 e. The summed E-state index contributed by atoms with van der Waals surface area (Å²) in [5.41, 5.74) is 1.30. The van der Waals surface area contributed by atoms with Crippen molar-refractivity contribution < 1.29 is 4.74 Å². The van der Waals surface area contributed by atoms with Gasteiger partial charge in [0.25, 0.3) is 0 Å². The molecule has 1 aliphatic heterocycles. The molecule has 1 aromatic heterocycles. The number of nitrogens with one attached hydrogen (secondary N) is 1. The molecule has 1 aliphatic rings. The fraction of sp³-hybridized carbons (Fsp3) is 0.583. The van der Waals surface area contributed by atoms with Crippen molar-refractivity contribution in [1.29, 1.82) is 0 Å². The molecular weight excluding hydrogens is 220 g/mol. The van der Waals surface area contributed by atoms with Crippen molar-refractivity contribution in [1.82, 2.24) is 4.98 Å². The Morgan fingerprint density at radius 2 is 2.44 bits per heavy atom. The summed E-state index contributed by atoms with van der Waals surface area (Å²) in [5.74, 6) is 2.06. The Hall–Kier alpha value is -0.740. The Labute approximate surface area is 101 Å². The van der Waals surface area contributed by atoms with Crippen LogP contribution in [0.5, 0.6) is 0 Å². The lowest BCUT2D eigenvalue weighted by atomic mass is 10.3. The van der Waals surface area contributed by atoms with Crippen LogP contribution in [0.4, 0.5) is 5.82 Å². The number of ether oxygens (including phenoxy) is 1. The predicted molar refractivity (Wildman–Crippen MR) is 68.9 cm³/mol. The minimum atomic E-state index is 0.680. The average molecular weight is 238 g/mol. The molecule has 0 radical (unpaired) electrons. The molecule has 0 aliphatic carbocycles. The third-order valence-electron chi connectivity index (χ3n) is 2.52. The van der Waals surface area contributed by atoms with Crippen molar-refractivity contribution >= 4 is 17.6 Å². The number of aromatic nitrogens is 1. The molecule has 1 fully saturated rings. The average Bonchev–Trinajstić information content (AvgIpc) is 2.26. The van der Waals surface area contributed by atoms with Crippen LogP contribution in [0.3, 0.4) is 0 Å². The van der Waals surface area contributed by atoms with Gasteiger partial charge in [-0.3, -0.25) is 0 Å². The second kappa shape index (κ2) is 6.11. The number of nitrogens with zero attached hydrogens (tertiary/aromatic N) is 1. The molecule has 1 aromatic rings. The summed E-state index contributed by atoms with van der Waals surface area (Å²) in [7, 11) is 0. The van der Waals surface area contributed by atoms with E-state index in [0.29, 0.717) is 5.25 Å². The molecule has 2 rings (SSSR count). The van der Waals surface area contributed by atoms with E-state index in [1.807, 2.05) is 24.0 Å². The van der Waals surface area contributed by atoms with Crippen molar-refractivity contribution in [2.45, 2.75) is 24.3 Å². The van der Waals surface area contributed by atoms with Crippen LogP contribution in [0.25, 0.3) is 0 Å².